The van der Waals surface area contributed by atoms with Gasteiger partial charge in [-0.2, -0.15) is 0 Å². The number of hydrogen-bond donors (Lipinski definition) is 1. The highest BCUT2D eigenvalue weighted by Gasteiger charge is 2.29. The maximum absolute atomic E-state index is 11.6. The lowest BCUT2D eigenvalue weighted by atomic mass is 9.98. The maximum Gasteiger partial charge on any atom is 0.325 e. The van der Waals surface area contributed by atoms with Crippen molar-refractivity contribution in [3.8, 4) is 11.5 Å². The molecule has 0 saturated carbocycles. The summed E-state index contributed by atoms with van der Waals surface area (Å²) in [5.41, 5.74) is 4.96. The lowest BCUT2D eigenvalue weighted by molar-refractivity contribution is -0.149. The summed E-state index contributed by atoms with van der Waals surface area (Å²) < 4.78 is 15.6. The highest BCUT2D eigenvalue weighted by molar-refractivity contribution is 5.79. The van der Waals surface area contributed by atoms with Crippen molar-refractivity contribution < 1.29 is 19.0 Å². The van der Waals surface area contributed by atoms with E-state index in [1.165, 1.54) is 0 Å². The molecule has 0 spiro atoms. The van der Waals surface area contributed by atoms with Crippen LogP contribution in [0.15, 0.2) is 24.3 Å². The molecule has 0 fully saturated rings. The largest absolute Gasteiger partial charge is 0.497 e. The summed E-state index contributed by atoms with van der Waals surface area (Å²) in [5.74, 6) is 1.18. The molecule has 20 heavy (non-hydrogen) atoms. The van der Waals surface area contributed by atoms with Crippen molar-refractivity contribution in [2.24, 2.45) is 5.73 Å². The summed E-state index contributed by atoms with van der Waals surface area (Å²) in [5, 5.41) is 0. The minimum atomic E-state index is -0.959. The van der Waals surface area contributed by atoms with Gasteiger partial charge in [0.2, 0.25) is 0 Å². The number of carbonyl (C=O) groups excluding carboxylic acids is 1. The molecular formula is C15H23NO4. The second kappa shape index (κ2) is 7.75. The van der Waals surface area contributed by atoms with E-state index >= 15 is 0 Å². The van der Waals surface area contributed by atoms with Crippen LogP contribution in [0.5, 0.6) is 11.5 Å². The Morgan fingerprint density at radius 2 is 1.85 bits per heavy atom. The van der Waals surface area contributed by atoms with Crippen molar-refractivity contribution in [1.29, 1.82) is 0 Å². The van der Waals surface area contributed by atoms with Crippen LogP contribution < -0.4 is 15.2 Å². The number of nitrogens with two attached hydrogens (primary N) is 1. The lowest BCUT2D eigenvalue weighted by Crippen LogP contribution is -2.46. The van der Waals surface area contributed by atoms with E-state index in [0.29, 0.717) is 26.1 Å². The molecule has 0 aliphatic rings. The third kappa shape index (κ3) is 5.09. The van der Waals surface area contributed by atoms with Crippen LogP contribution in [0, 0.1) is 0 Å². The van der Waals surface area contributed by atoms with Gasteiger partial charge in [-0.1, -0.05) is 0 Å². The zero-order valence-corrected chi connectivity index (χ0v) is 12.3. The van der Waals surface area contributed by atoms with Crippen LogP contribution in [0.1, 0.15) is 26.7 Å². The quantitative estimate of drug-likeness (QED) is 0.584. The van der Waals surface area contributed by atoms with Crippen LogP contribution in [0.3, 0.4) is 0 Å². The molecule has 1 aromatic carbocycles. The fourth-order valence-corrected chi connectivity index (χ4v) is 1.70. The Morgan fingerprint density at radius 1 is 1.25 bits per heavy atom. The topological polar surface area (TPSA) is 70.8 Å². The molecule has 1 aromatic rings. The zero-order valence-electron chi connectivity index (χ0n) is 12.3. The summed E-state index contributed by atoms with van der Waals surface area (Å²) in [4.78, 5) is 11.6. The maximum atomic E-state index is 11.6. The Morgan fingerprint density at radius 3 is 2.40 bits per heavy atom. The summed E-state index contributed by atoms with van der Waals surface area (Å²) in [6.45, 7) is 4.28. The number of carbonyl (C=O) groups is 1. The molecule has 5 heteroatoms. The minimum absolute atomic E-state index is 0.341. The van der Waals surface area contributed by atoms with E-state index in [9.17, 15) is 4.79 Å². The van der Waals surface area contributed by atoms with Crippen LogP contribution in [-0.2, 0) is 9.53 Å². The first-order chi connectivity index (χ1) is 9.49. The van der Waals surface area contributed by atoms with Crippen molar-refractivity contribution >= 4 is 5.97 Å². The van der Waals surface area contributed by atoms with Crippen molar-refractivity contribution in [3.05, 3.63) is 24.3 Å². The molecule has 0 heterocycles. The van der Waals surface area contributed by atoms with Gasteiger partial charge in [0, 0.05) is 0 Å². The van der Waals surface area contributed by atoms with Gasteiger partial charge in [0.05, 0.1) is 20.3 Å². The summed E-state index contributed by atoms with van der Waals surface area (Å²) >= 11 is 0. The van der Waals surface area contributed by atoms with Gasteiger partial charge in [-0.15, -0.1) is 0 Å². The Hall–Kier alpha value is -1.75. The third-order valence-electron chi connectivity index (χ3n) is 2.91. The second-order valence-electron chi connectivity index (χ2n) is 4.77. The van der Waals surface area contributed by atoms with Gasteiger partial charge in [-0.05, 0) is 51.0 Å². The van der Waals surface area contributed by atoms with E-state index < -0.39 is 5.54 Å². The highest BCUT2D eigenvalue weighted by atomic mass is 16.5. The molecule has 0 radical (unpaired) electrons. The van der Waals surface area contributed by atoms with E-state index in [1.807, 2.05) is 24.3 Å². The number of rotatable bonds is 8. The molecule has 1 atom stereocenters. The normalized spacial score (nSPS) is 13.4. The summed E-state index contributed by atoms with van der Waals surface area (Å²) in [7, 11) is 1.62. The Bertz CT molecular complexity index is 414. The molecule has 0 saturated heterocycles. The van der Waals surface area contributed by atoms with Crippen molar-refractivity contribution in [2.75, 3.05) is 20.3 Å². The number of esters is 1. The van der Waals surface area contributed by atoms with Crippen molar-refractivity contribution in [2.45, 2.75) is 32.2 Å². The lowest BCUT2D eigenvalue weighted by Gasteiger charge is -2.22. The Labute approximate surface area is 120 Å². The zero-order chi connectivity index (χ0) is 15.0. The average molecular weight is 281 g/mol. The summed E-state index contributed by atoms with van der Waals surface area (Å²) in [6.07, 6.45) is 1.19. The molecule has 0 amide bonds. The van der Waals surface area contributed by atoms with Crippen LogP contribution in [0.2, 0.25) is 0 Å². The summed E-state index contributed by atoms with van der Waals surface area (Å²) in [6, 6.07) is 7.35. The molecule has 0 aromatic heterocycles. The van der Waals surface area contributed by atoms with E-state index in [0.717, 1.165) is 11.5 Å². The first-order valence-electron chi connectivity index (χ1n) is 6.72. The SMILES string of the molecule is CCOC(=O)C(C)(N)CCCOc1ccc(OC)cc1. The van der Waals surface area contributed by atoms with Gasteiger partial charge in [-0.25, -0.2) is 0 Å². The van der Waals surface area contributed by atoms with Crippen molar-refractivity contribution in [1.82, 2.24) is 0 Å². The fourth-order valence-electron chi connectivity index (χ4n) is 1.70. The molecule has 0 bridgehead atoms. The van der Waals surface area contributed by atoms with Crippen LogP contribution >= 0.6 is 0 Å². The van der Waals surface area contributed by atoms with Crippen LogP contribution in [-0.4, -0.2) is 31.8 Å². The van der Waals surface area contributed by atoms with E-state index in [4.69, 9.17) is 19.9 Å². The smallest absolute Gasteiger partial charge is 0.325 e. The van der Waals surface area contributed by atoms with Gasteiger partial charge in [0.1, 0.15) is 17.0 Å². The van der Waals surface area contributed by atoms with E-state index in [-0.39, 0.29) is 5.97 Å². The predicted molar refractivity (Wildman–Crippen MR) is 76.9 cm³/mol. The fraction of sp³-hybridized carbons (Fsp3) is 0.533. The highest BCUT2D eigenvalue weighted by Crippen LogP contribution is 2.18. The molecule has 1 rings (SSSR count). The van der Waals surface area contributed by atoms with Crippen LogP contribution in [0.25, 0.3) is 0 Å². The number of methoxy groups -OCH3 is 1. The van der Waals surface area contributed by atoms with Crippen molar-refractivity contribution in [3.63, 3.8) is 0 Å². The van der Waals surface area contributed by atoms with Gasteiger partial charge in [0.25, 0.3) is 0 Å². The Balaban J connectivity index is 2.31. The molecular weight excluding hydrogens is 258 g/mol. The first kappa shape index (κ1) is 16.3. The number of benzene rings is 1. The van der Waals surface area contributed by atoms with Gasteiger partial charge in [0.15, 0.2) is 0 Å². The molecule has 2 N–H and O–H groups in total. The van der Waals surface area contributed by atoms with E-state index in [1.54, 1.807) is 21.0 Å². The van der Waals surface area contributed by atoms with Gasteiger partial charge >= 0.3 is 5.97 Å². The second-order valence-corrected chi connectivity index (χ2v) is 4.77. The minimum Gasteiger partial charge on any atom is -0.497 e. The van der Waals surface area contributed by atoms with Gasteiger partial charge < -0.3 is 19.9 Å². The molecule has 0 aliphatic heterocycles. The van der Waals surface area contributed by atoms with E-state index in [2.05, 4.69) is 0 Å². The first-order valence-corrected chi connectivity index (χ1v) is 6.72. The van der Waals surface area contributed by atoms with Gasteiger partial charge in [-0.3, -0.25) is 4.79 Å². The number of ether oxygens (including phenoxy) is 3. The number of hydrogen-bond acceptors (Lipinski definition) is 5. The third-order valence-corrected chi connectivity index (χ3v) is 2.91. The standard InChI is InChI=1S/C15H23NO4/c1-4-19-14(17)15(2,16)10-5-11-20-13-8-6-12(18-3)7-9-13/h6-9H,4-5,10-11,16H2,1-3H3. The van der Waals surface area contributed by atoms with Crippen LogP contribution in [0.4, 0.5) is 0 Å². The monoisotopic (exact) mass is 281 g/mol. The molecule has 1 unspecified atom stereocenters. The predicted octanol–water partition coefficient (Wildman–Crippen LogP) is 2.13. The average Bonchev–Trinajstić information content (AvgIpc) is 2.44. The molecule has 5 nitrogen and oxygen atoms in total. The molecule has 0 aliphatic carbocycles. The Kier molecular flexibility index (Phi) is 6.31. The molecule has 112 valence electrons.